The molecule has 2 bridgehead atoms. The molecule has 4 heteroatoms. The number of rotatable bonds is 4. The van der Waals surface area contributed by atoms with E-state index in [1.807, 2.05) is 12.1 Å². The average molecular weight is 275 g/mol. The van der Waals surface area contributed by atoms with E-state index in [1.54, 1.807) is 7.11 Å². The van der Waals surface area contributed by atoms with Gasteiger partial charge in [-0.15, -0.1) is 0 Å². The van der Waals surface area contributed by atoms with Gasteiger partial charge in [0, 0.05) is 18.1 Å². The van der Waals surface area contributed by atoms with E-state index in [1.165, 1.54) is 5.56 Å². The minimum Gasteiger partial charge on any atom is -0.497 e. The van der Waals surface area contributed by atoms with Crippen molar-refractivity contribution in [1.29, 1.82) is 0 Å². The van der Waals surface area contributed by atoms with Gasteiger partial charge in [0.25, 0.3) is 0 Å². The summed E-state index contributed by atoms with van der Waals surface area (Å²) in [5.41, 5.74) is 1.20. The molecule has 2 heterocycles. The second-order valence-corrected chi connectivity index (χ2v) is 5.88. The average Bonchev–Trinajstić information content (AvgIpc) is 3.04. The first-order valence-electron chi connectivity index (χ1n) is 7.26. The number of hydrogen-bond acceptors (Lipinski definition) is 3. The fourth-order valence-electron chi connectivity index (χ4n) is 3.97. The fraction of sp³-hybridized carbons (Fsp3) is 0.562. The van der Waals surface area contributed by atoms with Crippen LogP contribution in [0.1, 0.15) is 37.8 Å². The van der Waals surface area contributed by atoms with Gasteiger partial charge in [-0.1, -0.05) is 12.1 Å². The van der Waals surface area contributed by atoms with Crippen molar-refractivity contribution in [2.24, 2.45) is 5.92 Å². The third kappa shape index (κ3) is 2.08. The molecule has 2 fully saturated rings. The maximum atomic E-state index is 11.3. The summed E-state index contributed by atoms with van der Waals surface area (Å²) < 4.78 is 5.28. The predicted molar refractivity (Wildman–Crippen MR) is 75.8 cm³/mol. The first-order chi connectivity index (χ1) is 9.61. The largest absolute Gasteiger partial charge is 0.497 e. The van der Waals surface area contributed by atoms with Gasteiger partial charge < -0.3 is 9.84 Å². The summed E-state index contributed by atoms with van der Waals surface area (Å²) in [6.45, 7) is 2.17. The Morgan fingerprint density at radius 2 is 2.25 bits per heavy atom. The lowest BCUT2D eigenvalue weighted by atomic mass is 9.89. The lowest BCUT2D eigenvalue weighted by molar-refractivity contribution is -0.142. The Morgan fingerprint density at radius 1 is 1.45 bits per heavy atom. The Labute approximate surface area is 119 Å². The monoisotopic (exact) mass is 275 g/mol. The van der Waals surface area contributed by atoms with Crippen LogP contribution in [0.3, 0.4) is 0 Å². The van der Waals surface area contributed by atoms with Crippen LogP contribution in [0.2, 0.25) is 0 Å². The number of nitrogens with zero attached hydrogens (tertiary/aromatic N) is 1. The van der Waals surface area contributed by atoms with Gasteiger partial charge in [-0.05, 0) is 43.9 Å². The van der Waals surface area contributed by atoms with Gasteiger partial charge in [0.15, 0.2) is 0 Å². The molecule has 0 aliphatic carbocycles. The normalized spacial score (nSPS) is 30.4. The highest BCUT2D eigenvalue weighted by atomic mass is 16.5. The molecule has 0 spiro atoms. The van der Waals surface area contributed by atoms with Crippen molar-refractivity contribution in [2.45, 2.75) is 44.3 Å². The number of carbonyl (C=O) groups is 1. The second kappa shape index (κ2) is 5.09. The molecule has 108 valence electrons. The molecule has 1 aromatic rings. The Kier molecular flexibility index (Phi) is 3.42. The minimum absolute atomic E-state index is 0.193. The predicted octanol–water partition coefficient (Wildman–Crippen LogP) is 2.69. The van der Waals surface area contributed by atoms with Crippen molar-refractivity contribution < 1.29 is 14.6 Å². The number of hydrogen-bond donors (Lipinski definition) is 1. The molecule has 2 aliphatic rings. The number of ether oxygens (including phenoxy) is 1. The topological polar surface area (TPSA) is 49.8 Å². The van der Waals surface area contributed by atoms with Crippen molar-refractivity contribution >= 4 is 5.97 Å². The molecular weight excluding hydrogens is 254 g/mol. The Bertz CT molecular complexity index is 516. The van der Waals surface area contributed by atoms with Crippen LogP contribution in [0, 0.1) is 5.92 Å². The van der Waals surface area contributed by atoms with Crippen LogP contribution in [0.4, 0.5) is 0 Å². The second-order valence-electron chi connectivity index (χ2n) is 5.88. The van der Waals surface area contributed by atoms with Crippen LogP contribution in [0.15, 0.2) is 24.3 Å². The van der Waals surface area contributed by atoms with E-state index < -0.39 is 5.97 Å². The van der Waals surface area contributed by atoms with Crippen molar-refractivity contribution in [3.05, 3.63) is 29.8 Å². The molecule has 2 aliphatic heterocycles. The Morgan fingerprint density at radius 3 is 2.90 bits per heavy atom. The van der Waals surface area contributed by atoms with E-state index in [9.17, 15) is 9.90 Å². The molecule has 4 unspecified atom stereocenters. The number of methoxy groups -OCH3 is 1. The Balaban J connectivity index is 1.84. The number of aliphatic carboxylic acids is 1. The van der Waals surface area contributed by atoms with Crippen LogP contribution >= 0.6 is 0 Å². The molecule has 2 saturated heterocycles. The van der Waals surface area contributed by atoms with Crippen LogP contribution in [0.25, 0.3) is 0 Å². The summed E-state index contributed by atoms with van der Waals surface area (Å²) in [7, 11) is 1.67. The van der Waals surface area contributed by atoms with Gasteiger partial charge in [0.1, 0.15) is 5.75 Å². The van der Waals surface area contributed by atoms with E-state index >= 15 is 0 Å². The Hall–Kier alpha value is -1.55. The van der Waals surface area contributed by atoms with Gasteiger partial charge in [-0.25, -0.2) is 0 Å². The van der Waals surface area contributed by atoms with Crippen LogP contribution in [-0.2, 0) is 4.79 Å². The van der Waals surface area contributed by atoms with Crippen molar-refractivity contribution in [1.82, 2.24) is 4.90 Å². The molecule has 0 radical (unpaired) electrons. The summed E-state index contributed by atoms with van der Waals surface area (Å²) >= 11 is 0. The van der Waals surface area contributed by atoms with E-state index in [0.29, 0.717) is 6.04 Å². The highest BCUT2D eigenvalue weighted by molar-refractivity contribution is 5.71. The molecule has 0 saturated carbocycles. The molecule has 0 amide bonds. The molecule has 4 nitrogen and oxygen atoms in total. The van der Waals surface area contributed by atoms with Crippen molar-refractivity contribution in [3.8, 4) is 5.75 Å². The maximum absolute atomic E-state index is 11.3. The molecular formula is C16H21NO3. The smallest absolute Gasteiger partial charge is 0.308 e. The quantitative estimate of drug-likeness (QED) is 0.918. The van der Waals surface area contributed by atoms with Crippen LogP contribution < -0.4 is 4.74 Å². The molecule has 1 aromatic carbocycles. The highest BCUT2D eigenvalue weighted by Gasteiger charge is 2.50. The number of benzene rings is 1. The zero-order valence-corrected chi connectivity index (χ0v) is 12.0. The van der Waals surface area contributed by atoms with Crippen molar-refractivity contribution in [3.63, 3.8) is 0 Å². The standard InChI is InChI=1S/C16H21NO3/c1-10(11-4-3-5-13(8-11)20-2)17-12-6-7-15(17)14(9-12)16(18)19/h3-5,8,10,12,14-15H,6-7,9H2,1-2H3,(H,18,19). The lowest BCUT2D eigenvalue weighted by Crippen LogP contribution is -2.34. The molecule has 20 heavy (non-hydrogen) atoms. The zero-order chi connectivity index (χ0) is 14.3. The molecule has 1 N–H and O–H groups in total. The number of carboxylic acid groups (broad SMARTS) is 1. The third-order valence-electron chi connectivity index (χ3n) is 4.93. The van der Waals surface area contributed by atoms with E-state index in [-0.39, 0.29) is 18.0 Å². The SMILES string of the molecule is COc1cccc(C(C)N2C3CCC2C(C(=O)O)C3)c1. The van der Waals surface area contributed by atoms with E-state index in [4.69, 9.17) is 4.74 Å². The van der Waals surface area contributed by atoms with Crippen LogP contribution in [-0.4, -0.2) is 35.2 Å². The van der Waals surface area contributed by atoms with E-state index in [2.05, 4.69) is 24.0 Å². The first-order valence-corrected chi connectivity index (χ1v) is 7.26. The summed E-state index contributed by atoms with van der Waals surface area (Å²) in [5.74, 6) is 0.0255. The van der Waals surface area contributed by atoms with Crippen LogP contribution in [0.5, 0.6) is 5.75 Å². The van der Waals surface area contributed by atoms with Crippen molar-refractivity contribution in [2.75, 3.05) is 7.11 Å². The third-order valence-corrected chi connectivity index (χ3v) is 4.93. The van der Waals surface area contributed by atoms with Gasteiger partial charge in [-0.3, -0.25) is 9.69 Å². The molecule has 3 rings (SSSR count). The fourth-order valence-corrected chi connectivity index (χ4v) is 3.97. The van der Waals surface area contributed by atoms with Gasteiger partial charge >= 0.3 is 5.97 Å². The highest BCUT2D eigenvalue weighted by Crippen LogP contribution is 2.46. The number of carboxylic acids is 1. The maximum Gasteiger partial charge on any atom is 0.308 e. The van der Waals surface area contributed by atoms with Gasteiger partial charge in [-0.2, -0.15) is 0 Å². The first kappa shape index (κ1) is 13.4. The lowest BCUT2D eigenvalue weighted by Gasteiger charge is -2.30. The summed E-state index contributed by atoms with van der Waals surface area (Å²) in [5, 5.41) is 9.34. The van der Waals surface area contributed by atoms with E-state index in [0.717, 1.165) is 25.0 Å². The zero-order valence-electron chi connectivity index (χ0n) is 12.0. The number of fused-ring (bicyclic) bond motifs is 2. The molecule has 4 atom stereocenters. The molecule has 0 aromatic heterocycles. The van der Waals surface area contributed by atoms with Gasteiger partial charge in [0.05, 0.1) is 13.0 Å². The summed E-state index contributed by atoms with van der Waals surface area (Å²) in [4.78, 5) is 13.8. The van der Waals surface area contributed by atoms with Gasteiger partial charge in [0.2, 0.25) is 0 Å². The summed E-state index contributed by atoms with van der Waals surface area (Å²) in [6.07, 6.45) is 2.94. The summed E-state index contributed by atoms with van der Waals surface area (Å²) in [6, 6.07) is 8.94. The minimum atomic E-state index is -0.639.